The number of carbonyl (C=O) groups excluding carboxylic acids is 2. The van der Waals surface area contributed by atoms with Crippen LogP contribution in [0.2, 0.25) is 0 Å². The number of carbonyl (C=O) groups is 2. The van der Waals surface area contributed by atoms with Crippen LogP contribution in [0.5, 0.6) is 0 Å². The van der Waals surface area contributed by atoms with Crippen molar-refractivity contribution in [2.24, 2.45) is 0 Å². The molecule has 0 aliphatic carbocycles. The molecule has 0 saturated carbocycles. The van der Waals surface area contributed by atoms with Gasteiger partial charge in [-0.15, -0.1) is 0 Å². The highest BCUT2D eigenvalue weighted by Gasteiger charge is 2.22. The number of anilines is 1. The van der Waals surface area contributed by atoms with Gasteiger partial charge in [0.05, 0.1) is 32.1 Å². The van der Waals surface area contributed by atoms with Gasteiger partial charge in [0, 0.05) is 63.4 Å². The van der Waals surface area contributed by atoms with Gasteiger partial charge in [-0.2, -0.15) is 0 Å². The number of rotatable bonds is 8. The van der Waals surface area contributed by atoms with Gasteiger partial charge in [-0.1, -0.05) is 43.7 Å². The number of unbranched alkanes of at least 4 members (excludes halogenated alkanes) is 1. The van der Waals surface area contributed by atoms with Crippen LogP contribution in [0.1, 0.15) is 58.0 Å². The Hall–Kier alpha value is -5.02. The first-order chi connectivity index (χ1) is 23.5. The number of nitrogens with one attached hydrogen (secondary N) is 1. The Morgan fingerprint density at radius 3 is 2.21 bits per heavy atom. The average Bonchev–Trinajstić information content (AvgIpc) is 3.77. The molecule has 14 nitrogen and oxygen atoms in total. The normalized spacial score (nSPS) is 13.1. The van der Waals surface area contributed by atoms with Crippen LogP contribution in [-0.2, 0) is 42.3 Å². The molecule has 0 unspecified atom stereocenters. The van der Waals surface area contributed by atoms with Crippen molar-refractivity contribution in [1.29, 1.82) is 0 Å². The molecule has 2 aliphatic rings. The molecule has 2 aliphatic heterocycles. The second-order valence-corrected chi connectivity index (χ2v) is 11.5. The molecule has 250 valence electrons. The minimum Gasteiger partial charge on any atom is -0.461 e. The lowest BCUT2D eigenvalue weighted by Crippen LogP contribution is -2.34. The van der Waals surface area contributed by atoms with Crippen LogP contribution < -0.4 is 10.2 Å². The summed E-state index contributed by atoms with van der Waals surface area (Å²) < 4.78 is 15.2. The van der Waals surface area contributed by atoms with Crippen LogP contribution in [-0.4, -0.2) is 70.7 Å². The lowest BCUT2D eigenvalue weighted by molar-refractivity contribution is 0.0463. The summed E-state index contributed by atoms with van der Waals surface area (Å²) in [6.45, 7) is 7.42. The van der Waals surface area contributed by atoms with Gasteiger partial charge in [0.2, 0.25) is 0 Å². The van der Waals surface area contributed by atoms with E-state index in [4.69, 9.17) is 9.47 Å². The van der Waals surface area contributed by atoms with E-state index in [1.54, 1.807) is 49.6 Å². The molecule has 1 aromatic carbocycles. The number of nitrogens with zero attached hydrogens (tertiary/aromatic N) is 9. The van der Waals surface area contributed by atoms with E-state index in [-0.39, 0.29) is 18.5 Å². The minimum absolute atomic E-state index is 0.278. The van der Waals surface area contributed by atoms with Crippen LogP contribution in [0, 0.1) is 0 Å². The first kappa shape index (κ1) is 34.3. The average molecular weight is 718 g/mol. The largest absolute Gasteiger partial charge is 0.461 e. The molecule has 15 heteroatoms. The van der Waals surface area contributed by atoms with Gasteiger partial charge in [0.25, 0.3) is 0 Å². The first-order valence-corrected chi connectivity index (χ1v) is 16.4. The summed E-state index contributed by atoms with van der Waals surface area (Å²) in [6.07, 6.45) is 15.4. The van der Waals surface area contributed by atoms with Crippen molar-refractivity contribution in [3.63, 3.8) is 0 Å². The predicted octanol–water partition coefficient (Wildman–Crippen LogP) is 4.23. The van der Waals surface area contributed by atoms with Crippen LogP contribution in [0.3, 0.4) is 0 Å². The van der Waals surface area contributed by atoms with Gasteiger partial charge >= 0.3 is 11.9 Å². The second-order valence-electron chi connectivity index (χ2n) is 10.7. The molecule has 7 rings (SSSR count). The Morgan fingerprint density at radius 2 is 1.56 bits per heavy atom. The van der Waals surface area contributed by atoms with Crippen molar-refractivity contribution in [1.82, 2.24) is 44.4 Å². The zero-order valence-corrected chi connectivity index (χ0v) is 28.2. The lowest BCUT2D eigenvalue weighted by atomic mass is 10.2. The first-order valence-electron chi connectivity index (χ1n) is 15.6. The van der Waals surface area contributed by atoms with E-state index in [2.05, 4.69) is 63.0 Å². The third kappa shape index (κ3) is 9.99. The van der Waals surface area contributed by atoms with E-state index in [1.807, 2.05) is 39.5 Å². The third-order valence-corrected chi connectivity index (χ3v) is 7.65. The highest BCUT2D eigenvalue weighted by atomic mass is 79.9. The Bertz CT molecular complexity index is 1710. The van der Waals surface area contributed by atoms with E-state index in [1.165, 1.54) is 0 Å². The minimum atomic E-state index is -0.370. The van der Waals surface area contributed by atoms with Gasteiger partial charge in [0.1, 0.15) is 28.7 Å². The lowest BCUT2D eigenvalue weighted by Gasteiger charge is -2.28. The third-order valence-electron chi connectivity index (χ3n) is 7.24. The van der Waals surface area contributed by atoms with Crippen molar-refractivity contribution in [2.45, 2.75) is 52.6 Å². The zero-order chi connectivity index (χ0) is 33.6. The summed E-state index contributed by atoms with van der Waals surface area (Å²) in [6, 6.07) is 9.63. The van der Waals surface area contributed by atoms with Crippen molar-refractivity contribution in [3.05, 3.63) is 113 Å². The Morgan fingerprint density at radius 1 is 0.854 bits per heavy atom. The fourth-order valence-corrected chi connectivity index (χ4v) is 4.99. The SMILES string of the molecule is Brc1cnccn1.CCCCOC(=O)c1cn2c(n1)CN(c1cnccn1)CC2.O=C(OCc1ccccc1)c1cn2c(n1)CNCC2. The standard InChI is InChI=1S/C15H19N5O2.C14H15N3O2.C4H3BrN2/c1-2-3-8-22-15(21)12-10-19-6-7-20(11-14(19)18-12)13-9-16-4-5-17-13;18-14(19-10-11-4-2-1-3-5-11)12-9-17-7-6-15-8-13(17)16-12;5-4-3-6-1-2-7-4/h4-5,9-10H,2-3,6-8,11H2,1H3;1-5,9,15H,6-8,10H2;1-3H. The van der Waals surface area contributed by atoms with E-state index in [0.717, 1.165) is 66.7 Å². The molecule has 1 N–H and O–H groups in total. The van der Waals surface area contributed by atoms with Crippen LogP contribution >= 0.6 is 15.9 Å². The van der Waals surface area contributed by atoms with Crippen molar-refractivity contribution in [3.8, 4) is 0 Å². The Balaban J connectivity index is 0.000000158. The van der Waals surface area contributed by atoms with Crippen molar-refractivity contribution >= 4 is 33.7 Å². The van der Waals surface area contributed by atoms with Gasteiger partial charge in [-0.25, -0.2) is 29.5 Å². The Kier molecular flexibility index (Phi) is 12.7. The van der Waals surface area contributed by atoms with Gasteiger partial charge in [-0.3, -0.25) is 9.97 Å². The topological polar surface area (TPSA) is 155 Å². The molecule has 0 saturated heterocycles. The highest BCUT2D eigenvalue weighted by molar-refractivity contribution is 9.10. The number of hydrogen-bond donors (Lipinski definition) is 1. The fraction of sp³-hybridized carbons (Fsp3) is 0.333. The molecule has 4 aromatic heterocycles. The molecule has 0 fully saturated rings. The molecule has 6 heterocycles. The van der Waals surface area contributed by atoms with Crippen molar-refractivity contribution < 1.29 is 19.1 Å². The quantitative estimate of drug-likeness (QED) is 0.180. The summed E-state index contributed by atoms with van der Waals surface area (Å²) in [5.41, 5.74) is 1.74. The van der Waals surface area contributed by atoms with E-state index in [0.29, 0.717) is 31.1 Å². The number of imidazole rings is 2. The molecule has 5 aromatic rings. The number of hydrogen-bond acceptors (Lipinski definition) is 12. The maximum absolute atomic E-state index is 12.0. The number of benzene rings is 1. The number of halogens is 1. The Labute approximate surface area is 286 Å². The smallest absolute Gasteiger partial charge is 0.358 e. The molecule has 0 amide bonds. The summed E-state index contributed by atoms with van der Waals surface area (Å²) >= 11 is 3.14. The number of esters is 2. The maximum Gasteiger partial charge on any atom is 0.358 e. The molecule has 0 radical (unpaired) electrons. The molecule has 0 atom stereocenters. The summed E-state index contributed by atoms with van der Waals surface area (Å²) in [7, 11) is 0. The summed E-state index contributed by atoms with van der Waals surface area (Å²) in [5.74, 6) is 1.84. The molecule has 0 spiro atoms. The monoisotopic (exact) mass is 716 g/mol. The van der Waals surface area contributed by atoms with Crippen molar-refractivity contribution in [2.75, 3.05) is 24.6 Å². The summed E-state index contributed by atoms with van der Waals surface area (Å²) in [4.78, 5) is 50.7. The van der Waals surface area contributed by atoms with Crippen LogP contribution in [0.25, 0.3) is 0 Å². The number of ether oxygens (including phenoxy) is 2. The highest BCUT2D eigenvalue weighted by Crippen LogP contribution is 2.18. The maximum atomic E-state index is 12.0. The zero-order valence-electron chi connectivity index (χ0n) is 26.6. The fourth-order valence-electron chi connectivity index (χ4n) is 4.75. The second kappa shape index (κ2) is 17.8. The number of aromatic nitrogens is 8. The van der Waals surface area contributed by atoms with Gasteiger partial charge in [-0.05, 0) is 27.9 Å². The van der Waals surface area contributed by atoms with Gasteiger partial charge < -0.3 is 28.8 Å². The molecular weight excluding hydrogens is 680 g/mol. The van der Waals surface area contributed by atoms with E-state index >= 15 is 0 Å². The molecule has 48 heavy (non-hydrogen) atoms. The summed E-state index contributed by atoms with van der Waals surface area (Å²) in [5, 5.41) is 3.22. The van der Waals surface area contributed by atoms with Gasteiger partial charge in [0.15, 0.2) is 11.4 Å². The molecule has 0 bridgehead atoms. The predicted molar refractivity (Wildman–Crippen MR) is 180 cm³/mol. The van der Waals surface area contributed by atoms with E-state index < -0.39 is 0 Å². The molecular formula is C33H37BrN10O4. The van der Waals surface area contributed by atoms with Crippen LogP contribution in [0.15, 0.2) is 84.5 Å². The van der Waals surface area contributed by atoms with E-state index in [9.17, 15) is 9.59 Å². The van der Waals surface area contributed by atoms with Crippen LogP contribution in [0.4, 0.5) is 5.82 Å². The number of fused-ring (bicyclic) bond motifs is 2.